The molecule has 0 aromatic heterocycles. The summed E-state index contributed by atoms with van der Waals surface area (Å²) in [4.78, 5) is 35.5. The first kappa shape index (κ1) is 16.1. The van der Waals surface area contributed by atoms with Crippen molar-refractivity contribution in [2.45, 2.75) is 27.8 Å². The monoisotopic (exact) mass is 412 g/mol. The van der Waals surface area contributed by atoms with E-state index in [-0.39, 0.29) is 13.0 Å². The van der Waals surface area contributed by atoms with Crippen LogP contribution in [0.4, 0.5) is 0 Å². The highest BCUT2D eigenvalue weighted by Crippen LogP contribution is 2.66. The maximum absolute atomic E-state index is 12.4. The van der Waals surface area contributed by atoms with Crippen LogP contribution >= 0.6 is 31.9 Å². The number of rotatable bonds is 4. The lowest BCUT2D eigenvalue weighted by Gasteiger charge is -2.38. The molecule has 0 aromatic carbocycles. The predicted octanol–water partition coefficient (Wildman–Crippen LogP) is 0.978. The van der Waals surface area contributed by atoms with E-state index in [4.69, 9.17) is 14.2 Å². The first-order valence-electron chi connectivity index (χ1n) is 5.92. The first-order valence-corrected chi connectivity index (χ1v) is 7.50. The second-order valence-electron chi connectivity index (χ2n) is 4.90. The Hall–Kier alpha value is -0.310. The van der Waals surface area contributed by atoms with E-state index < -0.39 is 37.9 Å². The van der Waals surface area contributed by atoms with Gasteiger partial charge in [0, 0.05) is 27.1 Å². The van der Waals surface area contributed by atoms with Crippen LogP contribution in [0.25, 0.3) is 0 Å². The van der Waals surface area contributed by atoms with Crippen molar-refractivity contribution in [2.24, 2.45) is 5.92 Å². The van der Waals surface area contributed by atoms with Gasteiger partial charge in [0.05, 0.1) is 6.61 Å². The van der Waals surface area contributed by atoms with Gasteiger partial charge < -0.3 is 14.2 Å². The van der Waals surface area contributed by atoms with E-state index in [0.717, 1.165) is 0 Å². The zero-order chi connectivity index (χ0) is 15.3. The molecule has 2 rings (SSSR count). The summed E-state index contributed by atoms with van der Waals surface area (Å²) in [5.41, 5.74) is 0. The van der Waals surface area contributed by atoms with Gasteiger partial charge in [0.1, 0.15) is 4.32 Å². The number of alkyl halides is 2. The van der Waals surface area contributed by atoms with E-state index in [1.807, 2.05) is 0 Å². The van der Waals surface area contributed by atoms with Gasteiger partial charge in [0.2, 0.25) is 17.4 Å². The predicted molar refractivity (Wildman–Crippen MR) is 74.8 cm³/mol. The van der Waals surface area contributed by atoms with Crippen LogP contribution in [0.2, 0.25) is 0 Å². The number of fused-ring (bicyclic) bond motifs is 2. The van der Waals surface area contributed by atoms with Gasteiger partial charge in [-0.25, -0.2) is 0 Å². The Bertz CT molecular complexity index is 488. The maximum atomic E-state index is 12.4. The molecule has 2 saturated carbocycles. The van der Waals surface area contributed by atoms with Crippen molar-refractivity contribution < 1.29 is 28.6 Å². The molecular weight excluding hydrogens is 400 g/mol. The fourth-order valence-electron chi connectivity index (χ4n) is 3.19. The van der Waals surface area contributed by atoms with Crippen molar-refractivity contribution in [3.63, 3.8) is 0 Å². The molecule has 2 aliphatic rings. The Kier molecular flexibility index (Phi) is 3.90. The molecule has 0 spiro atoms. The zero-order valence-electron chi connectivity index (χ0n) is 11.2. The van der Waals surface area contributed by atoms with Crippen molar-refractivity contribution in [1.29, 1.82) is 0 Å². The number of Topliss-reactive ketones (excluding diaryl/α,β-unsaturated/α-hetero) is 2. The summed E-state index contributed by atoms with van der Waals surface area (Å²) >= 11 is 6.67. The molecule has 0 unspecified atom stereocenters. The third kappa shape index (κ3) is 1.59. The third-order valence-corrected chi connectivity index (χ3v) is 6.79. The molecule has 0 aliphatic heterocycles. The molecular formula is C12H14Br2O6. The number of methoxy groups -OCH3 is 2. The highest BCUT2D eigenvalue weighted by atomic mass is 79.9. The highest BCUT2D eigenvalue weighted by molar-refractivity contribution is 9.11. The quantitative estimate of drug-likeness (QED) is 0.296. The zero-order valence-corrected chi connectivity index (χ0v) is 14.4. The molecule has 112 valence electrons. The fraction of sp³-hybridized carbons (Fsp3) is 0.750. The number of halogens is 2. The fourth-order valence-corrected chi connectivity index (χ4v) is 5.80. The minimum atomic E-state index is -1.47. The normalized spacial score (nSPS) is 38.4. The standard InChI is InChI=1S/C12H14Br2O6/c1-6(15)20-5-7-4-10(13)8(16)9(17)11(7,14)12(10,18-2)19-3/h7H,4-5H2,1-3H3/t7-,10-,11+/m1/s1. The number of hydrogen-bond donors (Lipinski definition) is 0. The van der Waals surface area contributed by atoms with Crippen LogP contribution in [0.5, 0.6) is 0 Å². The average Bonchev–Trinajstić information content (AvgIpc) is 2.67. The summed E-state index contributed by atoms with van der Waals surface area (Å²) in [6, 6.07) is 0. The molecule has 2 bridgehead atoms. The number of carbonyl (C=O) groups is 3. The summed E-state index contributed by atoms with van der Waals surface area (Å²) in [6.07, 6.45) is 0.262. The van der Waals surface area contributed by atoms with Gasteiger partial charge in [0.15, 0.2) is 4.32 Å². The number of ether oxygens (including phenoxy) is 3. The Morgan fingerprint density at radius 3 is 2.20 bits per heavy atom. The Morgan fingerprint density at radius 2 is 1.80 bits per heavy atom. The molecule has 3 atom stereocenters. The lowest BCUT2D eigenvalue weighted by atomic mass is 9.87. The van der Waals surface area contributed by atoms with Crippen LogP contribution in [-0.2, 0) is 28.6 Å². The molecule has 0 N–H and O–H groups in total. The maximum Gasteiger partial charge on any atom is 0.302 e. The molecule has 2 fully saturated rings. The Labute approximate surface area is 132 Å². The van der Waals surface area contributed by atoms with Crippen molar-refractivity contribution in [3.8, 4) is 0 Å². The molecule has 0 radical (unpaired) electrons. The molecule has 0 amide bonds. The molecule has 0 saturated heterocycles. The van der Waals surface area contributed by atoms with E-state index in [0.29, 0.717) is 0 Å². The average molecular weight is 414 g/mol. The van der Waals surface area contributed by atoms with Crippen molar-refractivity contribution in [2.75, 3.05) is 20.8 Å². The lowest BCUT2D eigenvalue weighted by molar-refractivity contribution is -0.216. The first-order chi connectivity index (χ1) is 9.21. The lowest BCUT2D eigenvalue weighted by Crippen LogP contribution is -2.57. The number of esters is 1. The van der Waals surface area contributed by atoms with Crippen LogP contribution in [0.3, 0.4) is 0 Å². The van der Waals surface area contributed by atoms with Gasteiger partial charge in [-0.05, 0) is 6.42 Å². The van der Waals surface area contributed by atoms with Crippen LogP contribution in [0, 0.1) is 5.92 Å². The third-order valence-electron chi connectivity index (χ3n) is 4.05. The molecule has 0 aromatic rings. The van der Waals surface area contributed by atoms with Gasteiger partial charge in [-0.3, -0.25) is 14.4 Å². The van der Waals surface area contributed by atoms with Gasteiger partial charge in [-0.1, -0.05) is 31.9 Å². The summed E-state index contributed by atoms with van der Waals surface area (Å²) < 4.78 is 13.2. The van der Waals surface area contributed by atoms with E-state index in [9.17, 15) is 14.4 Å². The molecule has 0 heterocycles. The summed E-state index contributed by atoms with van der Waals surface area (Å²) in [6.45, 7) is 1.28. The van der Waals surface area contributed by atoms with Crippen LogP contribution in [-0.4, -0.2) is 52.8 Å². The van der Waals surface area contributed by atoms with E-state index in [1.165, 1.54) is 21.1 Å². The van der Waals surface area contributed by atoms with Gasteiger partial charge in [-0.2, -0.15) is 0 Å². The molecule has 6 nitrogen and oxygen atoms in total. The largest absolute Gasteiger partial charge is 0.466 e. The van der Waals surface area contributed by atoms with E-state index in [2.05, 4.69) is 31.9 Å². The molecule has 2 aliphatic carbocycles. The summed E-state index contributed by atoms with van der Waals surface area (Å²) in [7, 11) is 2.74. The summed E-state index contributed by atoms with van der Waals surface area (Å²) in [5.74, 6) is -3.60. The number of hydrogen-bond acceptors (Lipinski definition) is 6. The SMILES string of the molecule is COC1(OC)[C@@]2(Br)C[C@H](COC(C)=O)[C@]1(Br)C(=O)C2=O. The number of ketones is 2. The molecule has 20 heavy (non-hydrogen) atoms. The van der Waals surface area contributed by atoms with Crippen molar-refractivity contribution in [1.82, 2.24) is 0 Å². The van der Waals surface area contributed by atoms with Crippen molar-refractivity contribution >= 4 is 49.4 Å². The van der Waals surface area contributed by atoms with Crippen LogP contribution in [0.15, 0.2) is 0 Å². The minimum absolute atomic E-state index is 0.00141. The Balaban J connectivity index is 2.49. The summed E-state index contributed by atoms with van der Waals surface area (Å²) in [5, 5.41) is 0. The van der Waals surface area contributed by atoms with Gasteiger partial charge in [0.25, 0.3) is 0 Å². The van der Waals surface area contributed by atoms with Crippen molar-refractivity contribution in [3.05, 3.63) is 0 Å². The smallest absolute Gasteiger partial charge is 0.302 e. The minimum Gasteiger partial charge on any atom is -0.466 e. The van der Waals surface area contributed by atoms with Gasteiger partial charge >= 0.3 is 5.97 Å². The van der Waals surface area contributed by atoms with Crippen LogP contribution in [0.1, 0.15) is 13.3 Å². The van der Waals surface area contributed by atoms with E-state index in [1.54, 1.807) is 0 Å². The topological polar surface area (TPSA) is 78.9 Å². The second kappa shape index (κ2) is 4.86. The Morgan fingerprint density at radius 1 is 1.25 bits per heavy atom. The second-order valence-corrected chi connectivity index (χ2v) is 7.50. The highest BCUT2D eigenvalue weighted by Gasteiger charge is 2.85. The number of carbonyl (C=O) groups excluding carboxylic acids is 3. The van der Waals surface area contributed by atoms with Gasteiger partial charge in [-0.15, -0.1) is 0 Å². The molecule has 8 heteroatoms. The van der Waals surface area contributed by atoms with E-state index >= 15 is 0 Å². The van der Waals surface area contributed by atoms with Crippen LogP contribution < -0.4 is 0 Å².